The summed E-state index contributed by atoms with van der Waals surface area (Å²) in [5.41, 5.74) is 0.115. The Kier molecular flexibility index (Phi) is 5.08. The average Bonchev–Trinajstić information content (AvgIpc) is 2.27. The number of aromatic nitrogens is 1. The van der Waals surface area contributed by atoms with Crippen LogP contribution in [0.15, 0.2) is 18.5 Å². The van der Waals surface area contributed by atoms with Gasteiger partial charge in [-0.3, -0.25) is 9.78 Å². The molecular formula is C13H18ClFN2O. The molecular weight excluding hydrogens is 255 g/mol. The Balaban J connectivity index is 2.79. The molecule has 0 saturated heterocycles. The molecule has 0 aliphatic heterocycles. The van der Waals surface area contributed by atoms with Crippen LogP contribution in [0.5, 0.6) is 0 Å². The molecule has 0 saturated carbocycles. The predicted octanol–water partition coefficient (Wildman–Crippen LogP) is 2.99. The van der Waals surface area contributed by atoms with Crippen molar-refractivity contribution in [2.45, 2.75) is 33.2 Å². The fourth-order valence-corrected chi connectivity index (χ4v) is 1.83. The van der Waals surface area contributed by atoms with Crippen LogP contribution >= 0.6 is 11.6 Å². The van der Waals surface area contributed by atoms with E-state index < -0.39 is 5.82 Å². The van der Waals surface area contributed by atoms with Crippen molar-refractivity contribution < 1.29 is 9.18 Å². The molecule has 0 aliphatic carbocycles. The van der Waals surface area contributed by atoms with Crippen LogP contribution in [0.25, 0.3) is 0 Å². The zero-order chi connectivity index (χ0) is 13.8. The summed E-state index contributed by atoms with van der Waals surface area (Å²) in [4.78, 5) is 15.6. The van der Waals surface area contributed by atoms with E-state index in [9.17, 15) is 9.18 Å². The largest absolute Gasteiger partial charge is 0.349 e. The van der Waals surface area contributed by atoms with Crippen LogP contribution in [0, 0.1) is 11.2 Å². The maximum atomic E-state index is 13.0. The van der Waals surface area contributed by atoms with Gasteiger partial charge < -0.3 is 5.32 Å². The van der Waals surface area contributed by atoms with Crippen LogP contribution in [0.4, 0.5) is 4.39 Å². The molecule has 100 valence electrons. The Morgan fingerprint density at radius 1 is 1.50 bits per heavy atom. The molecule has 1 aromatic rings. The van der Waals surface area contributed by atoms with Gasteiger partial charge in [0.25, 0.3) is 5.91 Å². The highest BCUT2D eigenvalue weighted by Gasteiger charge is 2.26. The zero-order valence-corrected chi connectivity index (χ0v) is 11.6. The van der Waals surface area contributed by atoms with E-state index in [1.165, 1.54) is 12.3 Å². The molecule has 0 aliphatic rings. The van der Waals surface area contributed by atoms with Crippen LogP contribution in [-0.4, -0.2) is 22.8 Å². The number of nitrogens with one attached hydrogen (secondary N) is 1. The van der Waals surface area contributed by atoms with Crippen molar-refractivity contribution in [1.29, 1.82) is 0 Å². The van der Waals surface area contributed by atoms with E-state index in [1.54, 1.807) is 0 Å². The minimum atomic E-state index is -0.521. The van der Waals surface area contributed by atoms with Crippen LogP contribution in [0.2, 0.25) is 0 Å². The fourth-order valence-electron chi connectivity index (χ4n) is 1.61. The summed E-state index contributed by atoms with van der Waals surface area (Å²) < 4.78 is 13.0. The normalized spacial score (nSPS) is 13.2. The second-order valence-corrected chi connectivity index (χ2v) is 5.64. The molecule has 1 atom stereocenters. The lowest BCUT2D eigenvalue weighted by molar-refractivity contribution is 0.0899. The third kappa shape index (κ3) is 4.26. The first-order chi connectivity index (χ1) is 8.34. The molecule has 1 aromatic heterocycles. The quantitative estimate of drug-likeness (QED) is 0.856. The number of hydrogen-bond donors (Lipinski definition) is 1. The van der Waals surface area contributed by atoms with E-state index >= 15 is 0 Å². The van der Waals surface area contributed by atoms with Crippen LogP contribution in [0.1, 0.15) is 37.6 Å². The molecule has 0 aromatic carbocycles. The summed E-state index contributed by atoms with van der Waals surface area (Å²) in [7, 11) is 0. The monoisotopic (exact) mass is 272 g/mol. The summed E-state index contributed by atoms with van der Waals surface area (Å²) in [6.07, 6.45) is 3.08. The van der Waals surface area contributed by atoms with E-state index in [0.717, 1.165) is 6.20 Å². The number of carbonyl (C=O) groups excluding carboxylic acids is 1. The molecule has 1 N–H and O–H groups in total. The molecule has 0 radical (unpaired) electrons. The Bertz CT molecular complexity index is 418. The summed E-state index contributed by atoms with van der Waals surface area (Å²) in [5.74, 6) is -0.386. The first-order valence-electron chi connectivity index (χ1n) is 5.82. The molecule has 1 heterocycles. The van der Waals surface area contributed by atoms with Gasteiger partial charge in [0.2, 0.25) is 0 Å². The van der Waals surface area contributed by atoms with Gasteiger partial charge in [-0.05, 0) is 17.9 Å². The maximum absolute atomic E-state index is 13.0. The zero-order valence-electron chi connectivity index (χ0n) is 10.8. The Morgan fingerprint density at radius 2 is 2.17 bits per heavy atom. The van der Waals surface area contributed by atoms with Gasteiger partial charge in [0.15, 0.2) is 0 Å². The van der Waals surface area contributed by atoms with E-state index in [-0.39, 0.29) is 22.9 Å². The van der Waals surface area contributed by atoms with Crippen molar-refractivity contribution in [1.82, 2.24) is 10.3 Å². The van der Waals surface area contributed by atoms with Crippen molar-refractivity contribution >= 4 is 17.5 Å². The first-order valence-corrected chi connectivity index (χ1v) is 6.35. The Hall–Kier alpha value is -1.16. The van der Waals surface area contributed by atoms with Gasteiger partial charge >= 0.3 is 0 Å². The number of nitrogens with zero attached hydrogens (tertiary/aromatic N) is 1. The lowest BCUT2D eigenvalue weighted by Gasteiger charge is -2.31. The number of alkyl halides is 1. The third-order valence-corrected chi connectivity index (χ3v) is 2.93. The molecule has 1 rings (SSSR count). The SMILES string of the molecule is CC(C)(C)C(CCCl)NC(=O)c1cncc(F)c1. The maximum Gasteiger partial charge on any atom is 0.253 e. The lowest BCUT2D eigenvalue weighted by Crippen LogP contribution is -2.44. The number of halogens is 2. The van der Waals surface area contributed by atoms with Crippen LogP contribution in [0.3, 0.4) is 0 Å². The molecule has 5 heteroatoms. The van der Waals surface area contributed by atoms with E-state index in [4.69, 9.17) is 11.6 Å². The smallest absolute Gasteiger partial charge is 0.253 e. The minimum Gasteiger partial charge on any atom is -0.349 e. The van der Waals surface area contributed by atoms with E-state index in [0.29, 0.717) is 12.3 Å². The van der Waals surface area contributed by atoms with Crippen molar-refractivity contribution in [3.63, 3.8) is 0 Å². The molecule has 0 spiro atoms. The van der Waals surface area contributed by atoms with Gasteiger partial charge in [0.05, 0.1) is 11.8 Å². The Morgan fingerprint density at radius 3 is 2.67 bits per heavy atom. The molecule has 0 bridgehead atoms. The summed E-state index contributed by atoms with van der Waals surface area (Å²) >= 11 is 5.73. The summed E-state index contributed by atoms with van der Waals surface area (Å²) in [6, 6.07) is 1.11. The number of amides is 1. The second kappa shape index (κ2) is 6.14. The van der Waals surface area contributed by atoms with Gasteiger partial charge in [-0.2, -0.15) is 0 Å². The van der Waals surface area contributed by atoms with Gasteiger partial charge in [-0.1, -0.05) is 20.8 Å². The van der Waals surface area contributed by atoms with Crippen LogP contribution < -0.4 is 5.32 Å². The average molecular weight is 273 g/mol. The Labute approximate surface area is 112 Å². The van der Waals surface area contributed by atoms with Crippen LogP contribution in [-0.2, 0) is 0 Å². The van der Waals surface area contributed by atoms with Gasteiger partial charge in [0, 0.05) is 18.1 Å². The van der Waals surface area contributed by atoms with Gasteiger partial charge in [0.1, 0.15) is 5.82 Å². The van der Waals surface area contributed by atoms with E-state index in [1.807, 2.05) is 20.8 Å². The summed E-state index contributed by atoms with van der Waals surface area (Å²) in [5, 5.41) is 2.87. The number of carbonyl (C=O) groups is 1. The van der Waals surface area contributed by atoms with Crippen molar-refractivity contribution in [3.8, 4) is 0 Å². The second-order valence-electron chi connectivity index (χ2n) is 5.26. The number of rotatable bonds is 4. The van der Waals surface area contributed by atoms with E-state index in [2.05, 4.69) is 10.3 Å². The fraction of sp³-hybridized carbons (Fsp3) is 0.538. The van der Waals surface area contributed by atoms with Crippen molar-refractivity contribution in [2.75, 3.05) is 5.88 Å². The number of hydrogen-bond acceptors (Lipinski definition) is 2. The molecule has 0 fully saturated rings. The first kappa shape index (κ1) is 14.9. The molecule has 1 amide bonds. The highest BCUT2D eigenvalue weighted by Crippen LogP contribution is 2.22. The standard InChI is InChI=1S/C13H18ClFN2O/c1-13(2,3)11(4-5-14)17-12(18)9-6-10(15)8-16-7-9/h6-8,11H,4-5H2,1-3H3,(H,17,18). The highest BCUT2D eigenvalue weighted by atomic mass is 35.5. The third-order valence-electron chi connectivity index (χ3n) is 2.72. The topological polar surface area (TPSA) is 42.0 Å². The van der Waals surface area contributed by atoms with Gasteiger partial charge in [-0.15, -0.1) is 11.6 Å². The molecule has 18 heavy (non-hydrogen) atoms. The highest BCUT2D eigenvalue weighted by molar-refractivity contribution is 6.17. The predicted molar refractivity (Wildman–Crippen MR) is 70.2 cm³/mol. The minimum absolute atomic E-state index is 0.0641. The number of pyridine rings is 1. The van der Waals surface area contributed by atoms with Gasteiger partial charge in [-0.25, -0.2) is 4.39 Å². The lowest BCUT2D eigenvalue weighted by atomic mass is 9.85. The molecule has 3 nitrogen and oxygen atoms in total. The van der Waals surface area contributed by atoms with Crippen molar-refractivity contribution in [2.24, 2.45) is 5.41 Å². The molecule has 1 unspecified atom stereocenters. The summed E-state index contributed by atoms with van der Waals surface area (Å²) in [6.45, 7) is 6.07. The van der Waals surface area contributed by atoms with Crippen molar-refractivity contribution in [3.05, 3.63) is 29.8 Å².